The van der Waals surface area contributed by atoms with Gasteiger partial charge in [-0.3, -0.25) is 0 Å². The summed E-state index contributed by atoms with van der Waals surface area (Å²) in [7, 11) is 0. The minimum absolute atomic E-state index is 0.290. The summed E-state index contributed by atoms with van der Waals surface area (Å²) in [6.07, 6.45) is 8.30. The standard InChI is InChI=1S/C13H25NO/c1-2-14-9-5-6-12(11-14)10-13(15)7-3-4-8-13/h12,15H,2-11H2,1H3. The highest BCUT2D eigenvalue weighted by atomic mass is 16.3. The summed E-state index contributed by atoms with van der Waals surface area (Å²) in [4.78, 5) is 2.53. The van der Waals surface area contributed by atoms with E-state index in [1.54, 1.807) is 0 Å². The first-order valence-electron chi connectivity index (χ1n) is 6.66. The van der Waals surface area contributed by atoms with Crippen LogP contribution in [-0.4, -0.2) is 35.2 Å². The van der Waals surface area contributed by atoms with Crippen molar-refractivity contribution in [2.24, 2.45) is 5.92 Å². The van der Waals surface area contributed by atoms with Crippen molar-refractivity contribution < 1.29 is 5.11 Å². The molecule has 1 saturated carbocycles. The first kappa shape index (κ1) is 11.4. The lowest BCUT2D eigenvalue weighted by Crippen LogP contribution is -2.39. The van der Waals surface area contributed by atoms with Crippen molar-refractivity contribution in [1.82, 2.24) is 4.90 Å². The van der Waals surface area contributed by atoms with Gasteiger partial charge in [0, 0.05) is 6.54 Å². The summed E-state index contributed by atoms with van der Waals surface area (Å²) < 4.78 is 0. The summed E-state index contributed by atoms with van der Waals surface area (Å²) in [6.45, 7) is 5.91. The van der Waals surface area contributed by atoms with Crippen LogP contribution in [0.2, 0.25) is 0 Å². The van der Waals surface area contributed by atoms with Gasteiger partial charge in [0.25, 0.3) is 0 Å². The van der Waals surface area contributed by atoms with E-state index in [9.17, 15) is 5.11 Å². The van der Waals surface area contributed by atoms with Crippen molar-refractivity contribution in [2.45, 2.75) is 57.5 Å². The van der Waals surface area contributed by atoms with E-state index >= 15 is 0 Å². The van der Waals surface area contributed by atoms with Gasteiger partial charge in [0.05, 0.1) is 5.60 Å². The molecule has 2 aliphatic rings. The number of hydrogen-bond donors (Lipinski definition) is 1. The van der Waals surface area contributed by atoms with Gasteiger partial charge in [-0.25, -0.2) is 0 Å². The zero-order valence-electron chi connectivity index (χ0n) is 10.0. The fourth-order valence-electron chi connectivity index (χ4n) is 3.38. The molecule has 0 bridgehead atoms. The Hall–Kier alpha value is -0.0800. The van der Waals surface area contributed by atoms with E-state index in [0.717, 1.165) is 25.2 Å². The molecule has 0 radical (unpaired) electrons. The van der Waals surface area contributed by atoms with Crippen LogP contribution in [0.1, 0.15) is 51.9 Å². The largest absolute Gasteiger partial charge is 0.390 e. The van der Waals surface area contributed by atoms with E-state index in [1.165, 1.54) is 45.3 Å². The molecule has 2 rings (SSSR count). The van der Waals surface area contributed by atoms with Crippen LogP contribution in [0.3, 0.4) is 0 Å². The first-order valence-corrected chi connectivity index (χ1v) is 6.66. The summed E-state index contributed by atoms with van der Waals surface area (Å²) in [6, 6.07) is 0. The number of likely N-dealkylation sites (tertiary alicyclic amines) is 1. The molecule has 1 aliphatic heterocycles. The average molecular weight is 211 g/mol. The first-order chi connectivity index (χ1) is 7.22. The van der Waals surface area contributed by atoms with Crippen molar-refractivity contribution in [3.8, 4) is 0 Å². The number of piperidine rings is 1. The molecule has 1 unspecified atom stereocenters. The molecule has 1 saturated heterocycles. The normalized spacial score (nSPS) is 32.0. The van der Waals surface area contributed by atoms with Crippen LogP contribution in [0.15, 0.2) is 0 Å². The van der Waals surface area contributed by atoms with Crippen molar-refractivity contribution in [1.29, 1.82) is 0 Å². The van der Waals surface area contributed by atoms with Crippen molar-refractivity contribution in [2.75, 3.05) is 19.6 Å². The van der Waals surface area contributed by atoms with E-state index in [-0.39, 0.29) is 5.60 Å². The molecule has 1 atom stereocenters. The van der Waals surface area contributed by atoms with Gasteiger partial charge in [-0.1, -0.05) is 19.8 Å². The third-order valence-corrected chi connectivity index (χ3v) is 4.25. The molecule has 2 fully saturated rings. The fraction of sp³-hybridized carbons (Fsp3) is 1.00. The van der Waals surface area contributed by atoms with E-state index in [2.05, 4.69) is 11.8 Å². The van der Waals surface area contributed by atoms with Crippen LogP contribution in [0.25, 0.3) is 0 Å². The highest BCUT2D eigenvalue weighted by molar-refractivity contribution is 4.88. The molecule has 0 aromatic rings. The predicted octanol–water partition coefficient (Wildman–Crippen LogP) is 2.41. The third kappa shape index (κ3) is 2.94. The topological polar surface area (TPSA) is 23.5 Å². The maximum absolute atomic E-state index is 10.4. The quantitative estimate of drug-likeness (QED) is 0.775. The Labute approximate surface area is 93.7 Å². The minimum atomic E-state index is -0.290. The smallest absolute Gasteiger partial charge is 0.0651 e. The molecular weight excluding hydrogens is 186 g/mol. The van der Waals surface area contributed by atoms with Gasteiger partial charge in [0.1, 0.15) is 0 Å². The molecule has 1 N–H and O–H groups in total. The number of nitrogens with zero attached hydrogens (tertiary/aromatic N) is 1. The molecule has 2 nitrogen and oxygen atoms in total. The second kappa shape index (κ2) is 4.84. The highest BCUT2D eigenvalue weighted by Gasteiger charge is 2.34. The summed E-state index contributed by atoms with van der Waals surface area (Å²) in [5.41, 5.74) is -0.290. The Kier molecular flexibility index (Phi) is 3.68. The van der Waals surface area contributed by atoms with E-state index in [1.807, 2.05) is 0 Å². The number of rotatable bonds is 3. The van der Waals surface area contributed by atoms with Gasteiger partial charge >= 0.3 is 0 Å². The third-order valence-electron chi connectivity index (χ3n) is 4.25. The van der Waals surface area contributed by atoms with Crippen LogP contribution in [0.4, 0.5) is 0 Å². The van der Waals surface area contributed by atoms with E-state index in [0.29, 0.717) is 0 Å². The molecule has 88 valence electrons. The fourth-order valence-corrected chi connectivity index (χ4v) is 3.38. The minimum Gasteiger partial charge on any atom is -0.390 e. The van der Waals surface area contributed by atoms with Gasteiger partial charge in [0.15, 0.2) is 0 Å². The lowest BCUT2D eigenvalue weighted by atomic mass is 9.84. The number of aliphatic hydroxyl groups is 1. The summed E-state index contributed by atoms with van der Waals surface area (Å²) >= 11 is 0. The molecule has 15 heavy (non-hydrogen) atoms. The molecule has 0 aromatic heterocycles. The molecule has 1 aliphatic carbocycles. The maximum atomic E-state index is 10.4. The Morgan fingerprint density at radius 3 is 2.67 bits per heavy atom. The van der Waals surface area contributed by atoms with Crippen molar-refractivity contribution in [3.63, 3.8) is 0 Å². The monoisotopic (exact) mass is 211 g/mol. The lowest BCUT2D eigenvalue weighted by Gasteiger charge is -2.35. The SMILES string of the molecule is CCN1CCCC(CC2(O)CCCC2)C1. The van der Waals surface area contributed by atoms with E-state index in [4.69, 9.17) is 0 Å². The van der Waals surface area contributed by atoms with E-state index < -0.39 is 0 Å². The van der Waals surface area contributed by atoms with Crippen LogP contribution < -0.4 is 0 Å². The van der Waals surface area contributed by atoms with Gasteiger partial charge < -0.3 is 10.0 Å². The second-order valence-electron chi connectivity index (χ2n) is 5.54. The van der Waals surface area contributed by atoms with Crippen LogP contribution in [0, 0.1) is 5.92 Å². The van der Waals surface area contributed by atoms with Crippen molar-refractivity contribution in [3.05, 3.63) is 0 Å². The Morgan fingerprint density at radius 2 is 2.00 bits per heavy atom. The predicted molar refractivity (Wildman–Crippen MR) is 62.9 cm³/mol. The van der Waals surface area contributed by atoms with Crippen LogP contribution >= 0.6 is 0 Å². The van der Waals surface area contributed by atoms with Gasteiger partial charge in [-0.05, 0) is 51.1 Å². The van der Waals surface area contributed by atoms with Gasteiger partial charge in [-0.2, -0.15) is 0 Å². The Morgan fingerprint density at radius 1 is 1.27 bits per heavy atom. The number of hydrogen-bond acceptors (Lipinski definition) is 2. The molecule has 0 aromatic carbocycles. The van der Waals surface area contributed by atoms with Crippen molar-refractivity contribution >= 4 is 0 Å². The summed E-state index contributed by atoms with van der Waals surface area (Å²) in [5, 5.41) is 10.4. The zero-order chi connectivity index (χ0) is 10.7. The molecule has 2 heteroatoms. The Balaban J connectivity index is 1.83. The average Bonchev–Trinajstić information content (AvgIpc) is 2.65. The van der Waals surface area contributed by atoms with Crippen LogP contribution in [-0.2, 0) is 0 Å². The van der Waals surface area contributed by atoms with Gasteiger partial charge in [-0.15, -0.1) is 0 Å². The molecule has 1 heterocycles. The van der Waals surface area contributed by atoms with Gasteiger partial charge in [0.2, 0.25) is 0 Å². The Bertz CT molecular complexity index is 199. The lowest BCUT2D eigenvalue weighted by molar-refractivity contribution is 0.00868. The zero-order valence-corrected chi connectivity index (χ0v) is 10.0. The maximum Gasteiger partial charge on any atom is 0.0651 e. The summed E-state index contributed by atoms with van der Waals surface area (Å²) in [5.74, 6) is 0.752. The van der Waals surface area contributed by atoms with Crippen LogP contribution in [0.5, 0.6) is 0 Å². The second-order valence-corrected chi connectivity index (χ2v) is 5.54. The molecular formula is C13H25NO. The molecule has 0 spiro atoms. The highest BCUT2D eigenvalue weighted by Crippen LogP contribution is 2.36. The molecule has 0 amide bonds.